The average Bonchev–Trinajstić information content (AvgIpc) is 2.75. The summed E-state index contributed by atoms with van der Waals surface area (Å²) in [7, 11) is 0. The first-order valence-electron chi connectivity index (χ1n) is 5.92. The van der Waals surface area contributed by atoms with Crippen LogP contribution in [0, 0.1) is 5.41 Å². The van der Waals surface area contributed by atoms with Crippen LogP contribution in [0.5, 0.6) is 0 Å². The second-order valence-electron chi connectivity index (χ2n) is 4.50. The average molecular weight is 230 g/mol. The maximum atomic E-state index is 12.0. The number of carbonyl (C=O) groups is 1. The Morgan fingerprint density at radius 3 is 2.88 bits per heavy atom. The van der Waals surface area contributed by atoms with Crippen LogP contribution in [0.1, 0.15) is 26.2 Å². The third-order valence-electron chi connectivity index (χ3n) is 3.16. The van der Waals surface area contributed by atoms with E-state index in [0.717, 1.165) is 25.8 Å². The molecule has 5 nitrogen and oxygen atoms in total. The molecule has 1 amide bonds. The fourth-order valence-electron chi connectivity index (χ4n) is 2.21. The molecule has 1 rings (SSSR count). The summed E-state index contributed by atoms with van der Waals surface area (Å²) in [5.41, 5.74) is -0.316. The van der Waals surface area contributed by atoms with Crippen LogP contribution < -0.4 is 10.6 Å². The lowest BCUT2D eigenvalue weighted by Crippen LogP contribution is -2.45. The minimum atomic E-state index is -0.864. The summed E-state index contributed by atoms with van der Waals surface area (Å²) in [5.74, 6) is -0.00755. The number of aliphatic hydroxyl groups excluding tert-OH is 2. The van der Waals surface area contributed by atoms with Crippen molar-refractivity contribution in [2.45, 2.75) is 32.3 Å². The van der Waals surface area contributed by atoms with Crippen LogP contribution in [-0.2, 0) is 4.79 Å². The van der Waals surface area contributed by atoms with Crippen LogP contribution in [-0.4, -0.2) is 48.5 Å². The van der Waals surface area contributed by atoms with Crippen molar-refractivity contribution in [3.8, 4) is 0 Å². The zero-order chi connectivity index (χ0) is 12.0. The topological polar surface area (TPSA) is 81.6 Å². The van der Waals surface area contributed by atoms with Gasteiger partial charge in [-0.2, -0.15) is 0 Å². The third-order valence-corrected chi connectivity index (χ3v) is 3.16. The Kier molecular flexibility index (Phi) is 5.18. The van der Waals surface area contributed by atoms with E-state index in [9.17, 15) is 9.90 Å². The zero-order valence-corrected chi connectivity index (χ0v) is 9.83. The molecule has 1 fully saturated rings. The van der Waals surface area contributed by atoms with Gasteiger partial charge in [0.2, 0.25) is 5.91 Å². The molecule has 94 valence electrons. The first-order valence-corrected chi connectivity index (χ1v) is 5.92. The number of amides is 1. The summed E-state index contributed by atoms with van der Waals surface area (Å²) in [6.45, 7) is 3.45. The lowest BCUT2D eigenvalue weighted by Gasteiger charge is -2.26. The Morgan fingerprint density at radius 1 is 1.62 bits per heavy atom. The van der Waals surface area contributed by atoms with E-state index in [-0.39, 0.29) is 24.5 Å². The summed E-state index contributed by atoms with van der Waals surface area (Å²) in [4.78, 5) is 12.0. The molecule has 2 unspecified atom stereocenters. The molecule has 0 aromatic carbocycles. The molecule has 16 heavy (non-hydrogen) atoms. The largest absolute Gasteiger partial charge is 0.394 e. The van der Waals surface area contributed by atoms with Gasteiger partial charge in [0.1, 0.15) is 0 Å². The quantitative estimate of drug-likeness (QED) is 0.483. The molecule has 1 aliphatic rings. The zero-order valence-electron chi connectivity index (χ0n) is 9.83. The van der Waals surface area contributed by atoms with Crippen LogP contribution in [0.15, 0.2) is 0 Å². The second-order valence-corrected chi connectivity index (χ2v) is 4.50. The Bertz CT molecular complexity index is 227. The number of hydrogen-bond donors (Lipinski definition) is 4. The smallest absolute Gasteiger partial charge is 0.227 e. The molecular weight excluding hydrogens is 208 g/mol. The standard InChI is InChI=1S/C11H22N2O3/c1-2-3-11(4-5-12-8-11)10(16)13-6-9(15)7-14/h9,12,14-15H,2-8H2,1H3,(H,13,16). The van der Waals surface area contributed by atoms with Gasteiger partial charge < -0.3 is 20.8 Å². The molecule has 2 atom stereocenters. The molecule has 0 aromatic heterocycles. The van der Waals surface area contributed by atoms with E-state index in [4.69, 9.17) is 5.11 Å². The monoisotopic (exact) mass is 230 g/mol. The van der Waals surface area contributed by atoms with Crippen LogP contribution in [0.3, 0.4) is 0 Å². The van der Waals surface area contributed by atoms with Gasteiger partial charge in [-0.15, -0.1) is 0 Å². The van der Waals surface area contributed by atoms with Gasteiger partial charge in [-0.25, -0.2) is 0 Å². The highest BCUT2D eigenvalue weighted by molar-refractivity contribution is 5.83. The van der Waals surface area contributed by atoms with Gasteiger partial charge in [0.15, 0.2) is 0 Å². The van der Waals surface area contributed by atoms with E-state index in [1.807, 2.05) is 0 Å². The van der Waals surface area contributed by atoms with E-state index in [0.29, 0.717) is 6.54 Å². The highest BCUT2D eigenvalue weighted by Crippen LogP contribution is 2.31. The van der Waals surface area contributed by atoms with Gasteiger partial charge in [-0.3, -0.25) is 4.79 Å². The van der Waals surface area contributed by atoms with E-state index in [2.05, 4.69) is 17.6 Å². The van der Waals surface area contributed by atoms with E-state index in [1.165, 1.54) is 0 Å². The molecule has 0 bridgehead atoms. The van der Waals surface area contributed by atoms with Crippen LogP contribution in [0.2, 0.25) is 0 Å². The van der Waals surface area contributed by atoms with Crippen molar-refractivity contribution in [1.82, 2.24) is 10.6 Å². The highest BCUT2D eigenvalue weighted by atomic mass is 16.3. The van der Waals surface area contributed by atoms with Crippen LogP contribution >= 0.6 is 0 Å². The van der Waals surface area contributed by atoms with Crippen molar-refractivity contribution < 1.29 is 15.0 Å². The van der Waals surface area contributed by atoms with Crippen LogP contribution in [0.25, 0.3) is 0 Å². The maximum Gasteiger partial charge on any atom is 0.227 e. The lowest BCUT2D eigenvalue weighted by atomic mass is 9.81. The second kappa shape index (κ2) is 6.18. The number of aliphatic hydroxyl groups is 2. The highest BCUT2D eigenvalue weighted by Gasteiger charge is 2.40. The van der Waals surface area contributed by atoms with Crippen molar-refractivity contribution in [3.63, 3.8) is 0 Å². The van der Waals surface area contributed by atoms with Crippen LogP contribution in [0.4, 0.5) is 0 Å². The van der Waals surface area contributed by atoms with Gasteiger partial charge in [-0.05, 0) is 19.4 Å². The van der Waals surface area contributed by atoms with Gasteiger partial charge >= 0.3 is 0 Å². The molecule has 0 radical (unpaired) electrons. The maximum absolute atomic E-state index is 12.0. The molecule has 1 aliphatic heterocycles. The van der Waals surface area contributed by atoms with Crippen molar-refractivity contribution >= 4 is 5.91 Å². The van der Waals surface area contributed by atoms with Gasteiger partial charge in [0, 0.05) is 13.1 Å². The van der Waals surface area contributed by atoms with E-state index < -0.39 is 6.10 Å². The summed E-state index contributed by atoms with van der Waals surface area (Å²) in [6, 6.07) is 0. The lowest BCUT2D eigenvalue weighted by molar-refractivity contribution is -0.131. The van der Waals surface area contributed by atoms with E-state index >= 15 is 0 Å². The fourth-order valence-corrected chi connectivity index (χ4v) is 2.21. The summed E-state index contributed by atoms with van der Waals surface area (Å²) in [5, 5.41) is 23.8. The Labute approximate surface area is 96.2 Å². The minimum Gasteiger partial charge on any atom is -0.394 e. The number of carbonyl (C=O) groups excluding carboxylic acids is 1. The van der Waals surface area contributed by atoms with Crippen molar-refractivity contribution in [3.05, 3.63) is 0 Å². The molecule has 4 N–H and O–H groups in total. The molecule has 5 heteroatoms. The van der Waals surface area contributed by atoms with E-state index in [1.54, 1.807) is 0 Å². The predicted octanol–water partition coefficient (Wildman–Crippen LogP) is -0.764. The Morgan fingerprint density at radius 2 is 2.38 bits per heavy atom. The SMILES string of the molecule is CCCC1(C(=O)NCC(O)CO)CCNC1. The molecule has 1 heterocycles. The Balaban J connectivity index is 2.48. The molecule has 0 spiro atoms. The summed E-state index contributed by atoms with van der Waals surface area (Å²) < 4.78 is 0. The van der Waals surface area contributed by atoms with Crippen molar-refractivity contribution in [1.29, 1.82) is 0 Å². The predicted molar refractivity (Wildman–Crippen MR) is 60.9 cm³/mol. The third kappa shape index (κ3) is 3.17. The number of rotatable bonds is 6. The first-order chi connectivity index (χ1) is 7.64. The molecular formula is C11H22N2O3. The summed E-state index contributed by atoms with van der Waals surface area (Å²) in [6.07, 6.45) is 1.82. The Hall–Kier alpha value is -0.650. The van der Waals surface area contributed by atoms with Crippen molar-refractivity contribution in [2.75, 3.05) is 26.2 Å². The fraction of sp³-hybridized carbons (Fsp3) is 0.909. The van der Waals surface area contributed by atoms with Gasteiger partial charge in [-0.1, -0.05) is 13.3 Å². The molecule has 0 aromatic rings. The molecule has 1 saturated heterocycles. The van der Waals surface area contributed by atoms with Gasteiger partial charge in [0.25, 0.3) is 0 Å². The molecule has 0 saturated carbocycles. The minimum absolute atomic E-state index is 0.00755. The summed E-state index contributed by atoms with van der Waals surface area (Å²) >= 11 is 0. The normalized spacial score (nSPS) is 26.7. The first kappa shape index (κ1) is 13.4. The molecule has 0 aliphatic carbocycles. The number of nitrogens with one attached hydrogen (secondary N) is 2. The van der Waals surface area contributed by atoms with Gasteiger partial charge in [0.05, 0.1) is 18.1 Å². The van der Waals surface area contributed by atoms with Crippen molar-refractivity contribution in [2.24, 2.45) is 5.41 Å². The number of hydrogen-bond acceptors (Lipinski definition) is 4.